The van der Waals surface area contributed by atoms with Crippen molar-refractivity contribution in [2.75, 3.05) is 6.61 Å². The zero-order valence-electron chi connectivity index (χ0n) is 13.4. The van der Waals surface area contributed by atoms with E-state index in [1.54, 1.807) is 5.01 Å². The third kappa shape index (κ3) is 3.97. The number of hydrogen-bond donors (Lipinski definition) is 1. The van der Waals surface area contributed by atoms with E-state index in [0.29, 0.717) is 6.61 Å². The van der Waals surface area contributed by atoms with Gasteiger partial charge in [0.1, 0.15) is 6.61 Å². The highest BCUT2D eigenvalue weighted by Crippen LogP contribution is 2.24. The maximum atomic E-state index is 12.0. The Morgan fingerprint density at radius 2 is 2.00 bits per heavy atom. The molecule has 1 N–H and O–H groups in total. The first-order valence-corrected chi connectivity index (χ1v) is 7.68. The summed E-state index contributed by atoms with van der Waals surface area (Å²) in [5, 5.41) is 1.69. The van der Waals surface area contributed by atoms with Crippen LogP contribution in [0.3, 0.4) is 0 Å². The second-order valence-electron chi connectivity index (χ2n) is 6.75. The summed E-state index contributed by atoms with van der Waals surface area (Å²) >= 11 is 0. The van der Waals surface area contributed by atoms with Crippen LogP contribution in [0.5, 0.6) is 0 Å². The summed E-state index contributed by atoms with van der Waals surface area (Å²) < 4.78 is 5.23. The fraction of sp³-hybridized carbons (Fsp3) is 0.588. The van der Waals surface area contributed by atoms with Crippen molar-refractivity contribution in [1.82, 2.24) is 10.4 Å². The van der Waals surface area contributed by atoms with Crippen molar-refractivity contribution in [2.45, 2.75) is 52.6 Å². The first-order valence-electron chi connectivity index (χ1n) is 7.68. The average Bonchev–Trinajstić information content (AvgIpc) is 2.77. The van der Waals surface area contributed by atoms with E-state index in [1.165, 1.54) is 5.56 Å². The van der Waals surface area contributed by atoms with Gasteiger partial charge >= 0.3 is 6.09 Å². The summed E-state index contributed by atoms with van der Waals surface area (Å²) in [5.74, 6) is 0. The highest BCUT2D eigenvalue weighted by Gasteiger charge is 2.36. The zero-order valence-corrected chi connectivity index (χ0v) is 13.4. The van der Waals surface area contributed by atoms with Crippen LogP contribution < -0.4 is 5.43 Å². The van der Waals surface area contributed by atoms with Crippen LogP contribution in [-0.4, -0.2) is 29.8 Å². The summed E-state index contributed by atoms with van der Waals surface area (Å²) in [5.41, 5.74) is 4.70. The molecule has 0 spiro atoms. The molecule has 1 aliphatic heterocycles. The van der Waals surface area contributed by atoms with Crippen LogP contribution in [0, 0.1) is 5.41 Å². The molecule has 21 heavy (non-hydrogen) atoms. The SMILES string of the molecule is CC[C@H](NN1C(=O)OC[C@@H]1Cc1ccccc1)C(C)(C)C. The van der Waals surface area contributed by atoms with E-state index >= 15 is 0 Å². The molecule has 116 valence electrons. The van der Waals surface area contributed by atoms with E-state index in [4.69, 9.17) is 4.74 Å². The molecule has 2 rings (SSSR count). The fourth-order valence-corrected chi connectivity index (χ4v) is 2.72. The highest BCUT2D eigenvalue weighted by molar-refractivity contribution is 5.69. The number of carbonyl (C=O) groups excluding carboxylic acids is 1. The summed E-state index contributed by atoms with van der Waals surface area (Å²) in [7, 11) is 0. The fourth-order valence-electron chi connectivity index (χ4n) is 2.72. The van der Waals surface area contributed by atoms with E-state index < -0.39 is 0 Å². The zero-order chi connectivity index (χ0) is 15.5. The number of carbonyl (C=O) groups is 1. The minimum Gasteiger partial charge on any atom is -0.446 e. The molecule has 4 heteroatoms. The lowest BCUT2D eigenvalue weighted by atomic mass is 9.85. The molecule has 1 fully saturated rings. The van der Waals surface area contributed by atoms with Gasteiger partial charge in [-0.25, -0.2) is 15.2 Å². The van der Waals surface area contributed by atoms with Crippen molar-refractivity contribution < 1.29 is 9.53 Å². The monoisotopic (exact) mass is 290 g/mol. The maximum absolute atomic E-state index is 12.0. The van der Waals surface area contributed by atoms with Crippen molar-refractivity contribution in [2.24, 2.45) is 5.41 Å². The lowest BCUT2D eigenvalue weighted by Crippen LogP contribution is -2.54. The van der Waals surface area contributed by atoms with Crippen LogP contribution >= 0.6 is 0 Å². The van der Waals surface area contributed by atoms with Gasteiger partial charge in [-0.3, -0.25) is 0 Å². The highest BCUT2D eigenvalue weighted by atomic mass is 16.6. The average molecular weight is 290 g/mol. The van der Waals surface area contributed by atoms with Gasteiger partial charge in [-0.15, -0.1) is 0 Å². The van der Waals surface area contributed by atoms with Crippen LogP contribution in [0.1, 0.15) is 39.7 Å². The molecular weight excluding hydrogens is 264 g/mol. The second-order valence-corrected chi connectivity index (χ2v) is 6.75. The van der Waals surface area contributed by atoms with E-state index in [2.05, 4.69) is 45.3 Å². The largest absolute Gasteiger partial charge is 0.446 e. The van der Waals surface area contributed by atoms with E-state index in [-0.39, 0.29) is 23.6 Å². The molecule has 4 nitrogen and oxygen atoms in total. The molecule has 1 aromatic rings. The number of hydrazine groups is 1. The second kappa shape index (κ2) is 6.48. The number of cyclic esters (lactones) is 1. The Morgan fingerprint density at radius 3 is 2.57 bits per heavy atom. The van der Waals surface area contributed by atoms with Crippen molar-refractivity contribution >= 4 is 6.09 Å². The topological polar surface area (TPSA) is 41.6 Å². The van der Waals surface area contributed by atoms with Gasteiger partial charge in [0.2, 0.25) is 0 Å². The van der Waals surface area contributed by atoms with Crippen LogP contribution in [-0.2, 0) is 11.2 Å². The molecule has 1 aromatic carbocycles. The lowest BCUT2D eigenvalue weighted by molar-refractivity contribution is 0.103. The van der Waals surface area contributed by atoms with Gasteiger partial charge in [-0.2, -0.15) is 0 Å². The standard InChI is InChI=1S/C17H26N2O2/c1-5-15(17(2,3)4)18-19-14(12-21-16(19)20)11-13-9-7-6-8-10-13/h6-10,14-15,18H,5,11-12H2,1-4H3/t14-,15-/m0/s1. The third-order valence-corrected chi connectivity index (χ3v) is 4.02. The number of hydrogen-bond acceptors (Lipinski definition) is 3. The summed E-state index contributed by atoms with van der Waals surface area (Å²) in [6.07, 6.45) is 1.50. The molecule has 0 aromatic heterocycles. The quantitative estimate of drug-likeness (QED) is 0.904. The molecule has 1 aliphatic rings. The van der Waals surface area contributed by atoms with Crippen molar-refractivity contribution in [3.63, 3.8) is 0 Å². The normalized spacial score (nSPS) is 20.5. The number of nitrogens with one attached hydrogen (secondary N) is 1. The van der Waals surface area contributed by atoms with Gasteiger partial charge in [0.05, 0.1) is 6.04 Å². The molecule has 0 bridgehead atoms. The van der Waals surface area contributed by atoms with Gasteiger partial charge in [0.25, 0.3) is 0 Å². The number of benzene rings is 1. The van der Waals surface area contributed by atoms with Crippen molar-refractivity contribution in [1.29, 1.82) is 0 Å². The van der Waals surface area contributed by atoms with E-state index in [9.17, 15) is 4.79 Å². The Labute approximate surface area is 127 Å². The Hall–Kier alpha value is -1.55. The summed E-state index contributed by atoms with van der Waals surface area (Å²) in [4.78, 5) is 12.0. The minimum absolute atomic E-state index is 0.0521. The number of rotatable bonds is 5. The van der Waals surface area contributed by atoms with Gasteiger partial charge in [-0.1, -0.05) is 58.0 Å². The smallest absolute Gasteiger partial charge is 0.424 e. The maximum Gasteiger partial charge on any atom is 0.424 e. The third-order valence-electron chi connectivity index (χ3n) is 4.02. The number of nitrogens with zero attached hydrogens (tertiary/aromatic N) is 1. The van der Waals surface area contributed by atoms with Gasteiger partial charge < -0.3 is 4.74 Å². The first kappa shape index (κ1) is 15.8. The molecule has 0 unspecified atom stereocenters. The number of ether oxygens (including phenoxy) is 1. The summed E-state index contributed by atoms with van der Waals surface area (Å²) in [6.45, 7) is 9.13. The predicted octanol–water partition coefficient (Wildman–Crippen LogP) is 3.38. The minimum atomic E-state index is -0.265. The number of amides is 1. The van der Waals surface area contributed by atoms with Crippen molar-refractivity contribution in [3.8, 4) is 0 Å². The molecule has 1 saturated heterocycles. The van der Waals surface area contributed by atoms with Crippen LogP contribution in [0.15, 0.2) is 30.3 Å². The van der Waals surface area contributed by atoms with Gasteiger partial charge in [-0.05, 0) is 23.8 Å². The van der Waals surface area contributed by atoms with Crippen LogP contribution in [0.2, 0.25) is 0 Å². The molecule has 0 saturated carbocycles. The Morgan fingerprint density at radius 1 is 1.33 bits per heavy atom. The van der Waals surface area contributed by atoms with Crippen molar-refractivity contribution in [3.05, 3.63) is 35.9 Å². The predicted molar refractivity (Wildman–Crippen MR) is 83.8 cm³/mol. The lowest BCUT2D eigenvalue weighted by Gasteiger charge is -2.35. The molecule has 0 radical (unpaired) electrons. The van der Waals surface area contributed by atoms with E-state index in [1.807, 2.05) is 18.2 Å². The molecule has 1 heterocycles. The van der Waals surface area contributed by atoms with Gasteiger partial charge in [0, 0.05) is 6.04 Å². The van der Waals surface area contributed by atoms with Gasteiger partial charge in [0.15, 0.2) is 0 Å². The van der Waals surface area contributed by atoms with Crippen LogP contribution in [0.4, 0.5) is 4.79 Å². The molecule has 0 aliphatic carbocycles. The van der Waals surface area contributed by atoms with Crippen LogP contribution in [0.25, 0.3) is 0 Å². The Kier molecular flexibility index (Phi) is 4.88. The Bertz CT molecular complexity index is 467. The Balaban J connectivity index is 2.06. The molecular formula is C17H26N2O2. The summed E-state index contributed by atoms with van der Waals surface area (Å²) in [6, 6.07) is 10.5. The molecule has 2 atom stereocenters. The first-order chi connectivity index (χ1) is 9.91. The molecule has 1 amide bonds. The van der Waals surface area contributed by atoms with E-state index in [0.717, 1.165) is 12.8 Å².